The van der Waals surface area contributed by atoms with E-state index in [1.807, 2.05) is 0 Å². The van der Waals surface area contributed by atoms with Crippen LogP contribution in [0, 0.1) is 0 Å². The molecule has 1 unspecified atom stereocenters. The first-order chi connectivity index (χ1) is 13.4. The highest BCUT2D eigenvalue weighted by molar-refractivity contribution is 9.10. The van der Waals surface area contributed by atoms with E-state index in [0.29, 0.717) is 18.5 Å². The van der Waals surface area contributed by atoms with Gasteiger partial charge < -0.3 is 0 Å². The second-order valence-electron chi connectivity index (χ2n) is 6.97. The number of amides is 2. The van der Waals surface area contributed by atoms with Crippen molar-refractivity contribution in [2.45, 2.75) is 48.4 Å². The zero-order valence-electron chi connectivity index (χ0n) is 15.0. The molecule has 1 atom stereocenters. The van der Waals surface area contributed by atoms with Gasteiger partial charge in [0.1, 0.15) is 10.3 Å². The number of carbonyl (C=O) groups excluding carboxylic acids is 2. The molecule has 2 aliphatic rings. The summed E-state index contributed by atoms with van der Waals surface area (Å²) in [6.07, 6.45) is 3.14. The Bertz CT molecular complexity index is 983. The molecule has 2 fully saturated rings. The number of anilines is 1. The summed E-state index contributed by atoms with van der Waals surface area (Å²) in [5.74, 6) is -0.846. The Balaban J connectivity index is 1.72. The highest BCUT2D eigenvalue weighted by Crippen LogP contribution is 2.36. The second-order valence-corrected chi connectivity index (χ2v) is 10.9. The van der Waals surface area contributed by atoms with Gasteiger partial charge in [-0.05, 0) is 48.6 Å². The standard InChI is InChI=1S/C19H19BrN2O4S2/c20-13-7-9-14(10-8-13)21-17(23)12-16(19(21)24)22(15-4-1-2-5-15)28(25,26)18-6-3-11-27-18/h3,6-11,15-16H,1-2,4-5,12H2. The van der Waals surface area contributed by atoms with Crippen molar-refractivity contribution in [3.05, 3.63) is 46.3 Å². The van der Waals surface area contributed by atoms with E-state index >= 15 is 0 Å². The van der Waals surface area contributed by atoms with Crippen LogP contribution in [0.3, 0.4) is 0 Å². The Kier molecular flexibility index (Phi) is 5.43. The molecule has 1 aromatic carbocycles. The number of thiophene rings is 1. The number of sulfonamides is 1. The third-order valence-corrected chi connectivity index (χ3v) is 9.09. The minimum atomic E-state index is -3.85. The normalized spacial score (nSPS) is 21.2. The summed E-state index contributed by atoms with van der Waals surface area (Å²) in [5.41, 5.74) is 0.459. The van der Waals surface area contributed by atoms with Crippen LogP contribution in [0.15, 0.2) is 50.5 Å². The Morgan fingerprint density at radius 3 is 2.36 bits per heavy atom. The lowest BCUT2D eigenvalue weighted by molar-refractivity contribution is -0.122. The van der Waals surface area contributed by atoms with Crippen molar-refractivity contribution in [1.29, 1.82) is 0 Å². The van der Waals surface area contributed by atoms with Gasteiger partial charge in [0.2, 0.25) is 5.91 Å². The van der Waals surface area contributed by atoms with Gasteiger partial charge in [-0.15, -0.1) is 11.3 Å². The Morgan fingerprint density at radius 1 is 1.07 bits per heavy atom. The number of nitrogens with zero attached hydrogens (tertiary/aromatic N) is 2. The fraction of sp³-hybridized carbons (Fsp3) is 0.368. The quantitative estimate of drug-likeness (QED) is 0.607. The Labute approximate surface area is 176 Å². The molecule has 2 heterocycles. The number of benzene rings is 1. The average molecular weight is 483 g/mol. The van der Waals surface area contributed by atoms with Crippen LogP contribution in [-0.4, -0.2) is 36.6 Å². The maximum atomic E-state index is 13.4. The molecule has 0 spiro atoms. The van der Waals surface area contributed by atoms with Gasteiger partial charge in [0, 0.05) is 10.5 Å². The molecule has 1 saturated carbocycles. The first-order valence-corrected chi connectivity index (χ1v) is 12.2. The van der Waals surface area contributed by atoms with Crippen molar-refractivity contribution < 1.29 is 18.0 Å². The lowest BCUT2D eigenvalue weighted by Crippen LogP contribution is -2.49. The topological polar surface area (TPSA) is 74.8 Å². The monoisotopic (exact) mass is 482 g/mol. The van der Waals surface area contributed by atoms with E-state index in [0.717, 1.165) is 33.6 Å². The lowest BCUT2D eigenvalue weighted by atomic mass is 10.2. The molecule has 6 nitrogen and oxygen atoms in total. The number of hydrogen-bond acceptors (Lipinski definition) is 5. The highest BCUT2D eigenvalue weighted by atomic mass is 79.9. The van der Waals surface area contributed by atoms with Crippen LogP contribution in [0.1, 0.15) is 32.1 Å². The van der Waals surface area contributed by atoms with Crippen molar-refractivity contribution in [3.63, 3.8) is 0 Å². The van der Waals surface area contributed by atoms with Gasteiger partial charge in [-0.2, -0.15) is 4.31 Å². The van der Waals surface area contributed by atoms with Crippen LogP contribution >= 0.6 is 27.3 Å². The van der Waals surface area contributed by atoms with Crippen LogP contribution < -0.4 is 4.90 Å². The summed E-state index contributed by atoms with van der Waals surface area (Å²) < 4.78 is 29.1. The fourth-order valence-corrected chi connectivity index (χ4v) is 7.15. The van der Waals surface area contributed by atoms with Gasteiger partial charge in [-0.25, -0.2) is 13.3 Å². The predicted molar refractivity (Wildman–Crippen MR) is 111 cm³/mol. The summed E-state index contributed by atoms with van der Waals surface area (Å²) in [5, 5.41) is 1.70. The average Bonchev–Trinajstić information content (AvgIpc) is 3.40. The molecular formula is C19H19BrN2O4S2. The van der Waals surface area contributed by atoms with Gasteiger partial charge in [0.15, 0.2) is 0 Å². The largest absolute Gasteiger partial charge is 0.274 e. The Morgan fingerprint density at radius 2 is 1.75 bits per heavy atom. The summed E-state index contributed by atoms with van der Waals surface area (Å²) >= 11 is 4.47. The molecule has 1 aliphatic carbocycles. The van der Waals surface area contributed by atoms with Crippen LogP contribution in [0.25, 0.3) is 0 Å². The molecule has 2 amide bonds. The number of carbonyl (C=O) groups is 2. The molecule has 0 radical (unpaired) electrons. The number of halogens is 1. The van der Waals surface area contributed by atoms with Crippen molar-refractivity contribution >= 4 is 54.8 Å². The van der Waals surface area contributed by atoms with Gasteiger partial charge in [-0.3, -0.25) is 9.59 Å². The van der Waals surface area contributed by atoms with Crippen molar-refractivity contribution in [2.75, 3.05) is 4.90 Å². The minimum absolute atomic E-state index is 0.129. The van der Waals surface area contributed by atoms with E-state index in [-0.39, 0.29) is 22.6 Å². The van der Waals surface area contributed by atoms with Crippen LogP contribution in [0.4, 0.5) is 5.69 Å². The second kappa shape index (κ2) is 7.70. The number of rotatable bonds is 5. The minimum Gasteiger partial charge on any atom is -0.274 e. The molecule has 0 bridgehead atoms. The van der Waals surface area contributed by atoms with Gasteiger partial charge >= 0.3 is 0 Å². The molecule has 4 rings (SSSR count). The van der Waals surface area contributed by atoms with E-state index in [1.165, 1.54) is 4.31 Å². The summed E-state index contributed by atoms with van der Waals surface area (Å²) in [6, 6.07) is 8.84. The molecule has 1 saturated heterocycles. The SMILES string of the molecule is O=C1CC(N(C2CCCC2)S(=O)(=O)c2cccs2)C(=O)N1c1ccc(Br)cc1. The van der Waals surface area contributed by atoms with Gasteiger partial charge in [0.05, 0.1) is 12.1 Å². The smallest absolute Gasteiger partial charge is 0.253 e. The van der Waals surface area contributed by atoms with E-state index in [2.05, 4.69) is 15.9 Å². The van der Waals surface area contributed by atoms with E-state index in [1.54, 1.807) is 41.8 Å². The zero-order chi connectivity index (χ0) is 19.9. The number of imide groups is 1. The fourth-order valence-electron chi connectivity index (χ4n) is 3.97. The molecule has 1 aliphatic heterocycles. The first-order valence-electron chi connectivity index (χ1n) is 9.09. The zero-order valence-corrected chi connectivity index (χ0v) is 18.2. The van der Waals surface area contributed by atoms with Crippen molar-refractivity contribution in [3.8, 4) is 0 Å². The molecule has 0 N–H and O–H groups in total. The Hall–Kier alpha value is -1.55. The first kappa shape index (κ1) is 19.8. The molecule has 148 valence electrons. The third kappa shape index (κ3) is 3.45. The maximum absolute atomic E-state index is 13.4. The maximum Gasteiger partial charge on any atom is 0.253 e. The number of hydrogen-bond donors (Lipinski definition) is 0. The van der Waals surface area contributed by atoms with E-state index in [9.17, 15) is 18.0 Å². The summed E-state index contributed by atoms with van der Waals surface area (Å²) in [4.78, 5) is 27.0. The van der Waals surface area contributed by atoms with E-state index in [4.69, 9.17) is 0 Å². The lowest BCUT2D eigenvalue weighted by Gasteiger charge is -2.31. The molecule has 9 heteroatoms. The molecule has 28 heavy (non-hydrogen) atoms. The van der Waals surface area contributed by atoms with Crippen molar-refractivity contribution in [1.82, 2.24) is 4.31 Å². The van der Waals surface area contributed by atoms with Gasteiger partial charge in [-0.1, -0.05) is 34.8 Å². The predicted octanol–water partition coefficient (Wildman–Crippen LogP) is 3.78. The molecule has 2 aromatic rings. The van der Waals surface area contributed by atoms with Crippen molar-refractivity contribution in [2.24, 2.45) is 0 Å². The summed E-state index contributed by atoms with van der Waals surface area (Å²) in [7, 11) is -3.85. The highest BCUT2D eigenvalue weighted by Gasteiger charge is 2.49. The van der Waals surface area contributed by atoms with E-state index < -0.39 is 22.0 Å². The van der Waals surface area contributed by atoms with Crippen LogP contribution in [-0.2, 0) is 19.6 Å². The third-order valence-electron chi connectivity index (χ3n) is 5.23. The molecular weight excluding hydrogens is 464 g/mol. The van der Waals surface area contributed by atoms with Crippen LogP contribution in [0.2, 0.25) is 0 Å². The summed E-state index contributed by atoms with van der Waals surface area (Å²) in [6.45, 7) is 0. The van der Waals surface area contributed by atoms with Gasteiger partial charge in [0.25, 0.3) is 15.9 Å². The molecule has 1 aromatic heterocycles. The van der Waals surface area contributed by atoms with Crippen LogP contribution in [0.5, 0.6) is 0 Å².